The molecule has 1 heterocycles. The molecule has 0 radical (unpaired) electrons. The Labute approximate surface area is 120 Å². The van der Waals surface area contributed by atoms with Crippen molar-refractivity contribution < 1.29 is 19.4 Å². The smallest absolute Gasteiger partial charge is 0.228 e. The monoisotopic (exact) mass is 283 g/mol. The maximum absolute atomic E-state index is 12.2. The molecule has 2 fully saturated rings. The maximum atomic E-state index is 12.2. The summed E-state index contributed by atoms with van der Waals surface area (Å²) in [5.74, 6) is -0.0636. The van der Waals surface area contributed by atoms with E-state index in [2.05, 4.69) is 5.32 Å². The van der Waals surface area contributed by atoms with Gasteiger partial charge in [0.25, 0.3) is 0 Å². The molecule has 1 aliphatic carbocycles. The molecule has 0 aromatic heterocycles. The van der Waals surface area contributed by atoms with Gasteiger partial charge >= 0.3 is 0 Å². The van der Waals surface area contributed by atoms with Crippen LogP contribution in [0.25, 0.3) is 0 Å². The first-order valence-electron chi connectivity index (χ1n) is 7.32. The van der Waals surface area contributed by atoms with Crippen molar-refractivity contribution in [1.82, 2.24) is 5.32 Å². The van der Waals surface area contributed by atoms with Gasteiger partial charge in [0.2, 0.25) is 5.91 Å². The molecule has 2 rings (SSSR count). The van der Waals surface area contributed by atoms with E-state index in [-0.39, 0.29) is 24.7 Å². The van der Waals surface area contributed by atoms with Crippen molar-refractivity contribution in [2.24, 2.45) is 5.41 Å². The van der Waals surface area contributed by atoms with E-state index in [1.54, 1.807) is 0 Å². The van der Waals surface area contributed by atoms with Gasteiger partial charge in [0.05, 0.1) is 37.4 Å². The van der Waals surface area contributed by atoms with Gasteiger partial charge in [0, 0.05) is 6.61 Å². The van der Waals surface area contributed by atoms with Gasteiger partial charge in [0.15, 0.2) is 0 Å². The second kappa shape index (κ2) is 6.70. The molecule has 5 heteroatoms. The van der Waals surface area contributed by atoms with E-state index < -0.39 is 5.41 Å². The number of ether oxygens (including phenoxy) is 2. The first-order chi connectivity index (χ1) is 9.57. The third kappa shape index (κ3) is 3.81. The van der Waals surface area contributed by atoms with Gasteiger partial charge in [-0.1, -0.05) is 11.6 Å². The lowest BCUT2D eigenvalue weighted by Crippen LogP contribution is -2.52. The largest absolute Gasteiger partial charge is 0.395 e. The number of nitrogens with one attached hydrogen (secondary N) is 1. The van der Waals surface area contributed by atoms with E-state index >= 15 is 0 Å². The van der Waals surface area contributed by atoms with Crippen molar-refractivity contribution in [3.8, 4) is 0 Å². The third-order valence-electron chi connectivity index (χ3n) is 4.05. The molecule has 2 aliphatic rings. The van der Waals surface area contributed by atoms with Crippen LogP contribution in [0, 0.1) is 5.41 Å². The third-order valence-corrected chi connectivity index (χ3v) is 4.05. The summed E-state index contributed by atoms with van der Waals surface area (Å²) in [6.07, 6.45) is 4.34. The molecule has 0 spiro atoms. The maximum Gasteiger partial charge on any atom is 0.228 e. The van der Waals surface area contributed by atoms with E-state index in [0.717, 1.165) is 19.3 Å². The first-order valence-corrected chi connectivity index (χ1v) is 7.32. The van der Waals surface area contributed by atoms with Crippen LogP contribution in [-0.2, 0) is 14.3 Å². The number of carbonyl (C=O) groups is 1. The van der Waals surface area contributed by atoms with Crippen LogP contribution in [0.3, 0.4) is 0 Å². The number of aliphatic hydroxyl groups excluding tert-OH is 1. The van der Waals surface area contributed by atoms with Crippen molar-refractivity contribution in [2.45, 2.75) is 45.3 Å². The number of aliphatic hydroxyl groups is 1. The summed E-state index contributed by atoms with van der Waals surface area (Å²) < 4.78 is 11.3. The molecule has 20 heavy (non-hydrogen) atoms. The van der Waals surface area contributed by atoms with Crippen LogP contribution in [0.4, 0.5) is 0 Å². The Hall–Kier alpha value is -0.910. The standard InChI is InChI=1S/C15H25NO4/c1-11(2)3-8-20-13-4-7-19-9-12(13)16-14(18)15(10-17)5-6-15/h3,12-13,17H,4-10H2,1-2H3,(H,16,18)/t12-,13+/m0/s1. The Kier molecular flexibility index (Phi) is 5.18. The van der Waals surface area contributed by atoms with Crippen LogP contribution in [0.2, 0.25) is 0 Å². The van der Waals surface area contributed by atoms with Crippen LogP contribution in [-0.4, -0.2) is 49.6 Å². The molecule has 0 bridgehead atoms. The molecular formula is C15H25NO4. The minimum absolute atomic E-state index is 0.0159. The van der Waals surface area contributed by atoms with Gasteiger partial charge in [0.1, 0.15) is 0 Å². The Morgan fingerprint density at radius 3 is 2.85 bits per heavy atom. The number of carbonyl (C=O) groups excluding carboxylic acids is 1. The molecular weight excluding hydrogens is 258 g/mol. The van der Waals surface area contributed by atoms with E-state index in [9.17, 15) is 9.90 Å². The van der Waals surface area contributed by atoms with Crippen LogP contribution in [0.1, 0.15) is 33.1 Å². The van der Waals surface area contributed by atoms with Crippen LogP contribution in [0.15, 0.2) is 11.6 Å². The second-order valence-electron chi connectivity index (χ2n) is 6.04. The molecule has 0 aromatic carbocycles. The van der Waals surface area contributed by atoms with Crippen molar-refractivity contribution >= 4 is 5.91 Å². The Morgan fingerprint density at radius 2 is 2.25 bits per heavy atom. The average molecular weight is 283 g/mol. The minimum Gasteiger partial charge on any atom is -0.395 e. The van der Waals surface area contributed by atoms with E-state index in [4.69, 9.17) is 9.47 Å². The van der Waals surface area contributed by atoms with Crippen molar-refractivity contribution in [1.29, 1.82) is 0 Å². The number of hydrogen-bond acceptors (Lipinski definition) is 4. The van der Waals surface area contributed by atoms with Gasteiger partial charge in [-0.25, -0.2) is 0 Å². The highest BCUT2D eigenvalue weighted by Gasteiger charge is 2.50. The number of rotatable bonds is 6. The highest BCUT2D eigenvalue weighted by Crippen LogP contribution is 2.45. The molecule has 1 aliphatic heterocycles. The molecule has 114 valence electrons. The fourth-order valence-corrected chi connectivity index (χ4v) is 2.32. The summed E-state index contributed by atoms with van der Waals surface area (Å²) in [5, 5.41) is 12.3. The highest BCUT2D eigenvalue weighted by molar-refractivity contribution is 5.85. The lowest BCUT2D eigenvalue weighted by atomic mass is 10.0. The summed E-state index contributed by atoms with van der Waals surface area (Å²) >= 11 is 0. The predicted molar refractivity (Wildman–Crippen MR) is 75.3 cm³/mol. The molecule has 1 saturated carbocycles. The molecule has 0 aromatic rings. The SMILES string of the molecule is CC(C)=CCO[C@@H]1CCOC[C@@H]1NC(=O)C1(CO)CC1. The lowest BCUT2D eigenvalue weighted by molar-refractivity contribution is -0.132. The van der Waals surface area contributed by atoms with E-state index in [1.165, 1.54) is 5.57 Å². The number of allylic oxidation sites excluding steroid dienone is 1. The molecule has 5 nitrogen and oxygen atoms in total. The number of hydrogen-bond donors (Lipinski definition) is 2. The lowest BCUT2D eigenvalue weighted by Gasteiger charge is -2.32. The van der Waals surface area contributed by atoms with E-state index in [1.807, 2.05) is 19.9 Å². The van der Waals surface area contributed by atoms with Crippen LogP contribution < -0.4 is 5.32 Å². The van der Waals surface area contributed by atoms with E-state index in [0.29, 0.717) is 19.8 Å². The first kappa shape index (κ1) is 15.5. The number of amides is 1. The fraction of sp³-hybridized carbons (Fsp3) is 0.800. The highest BCUT2D eigenvalue weighted by atomic mass is 16.5. The molecule has 1 amide bonds. The summed E-state index contributed by atoms with van der Waals surface area (Å²) in [5.41, 5.74) is 0.678. The average Bonchev–Trinajstić information content (AvgIpc) is 3.21. The van der Waals surface area contributed by atoms with Crippen LogP contribution >= 0.6 is 0 Å². The zero-order chi connectivity index (χ0) is 14.6. The summed E-state index contributed by atoms with van der Waals surface area (Å²) in [7, 11) is 0. The zero-order valence-corrected chi connectivity index (χ0v) is 12.4. The van der Waals surface area contributed by atoms with Gasteiger partial charge in [-0.15, -0.1) is 0 Å². The topological polar surface area (TPSA) is 67.8 Å². The Balaban J connectivity index is 1.86. The molecule has 1 saturated heterocycles. The predicted octanol–water partition coefficient (Wildman–Crippen LogP) is 1.02. The van der Waals surface area contributed by atoms with Gasteiger partial charge < -0.3 is 19.9 Å². The molecule has 2 N–H and O–H groups in total. The summed E-state index contributed by atoms with van der Waals surface area (Å²) in [6, 6.07) is -0.120. The summed E-state index contributed by atoms with van der Waals surface area (Å²) in [4.78, 5) is 12.2. The fourth-order valence-electron chi connectivity index (χ4n) is 2.32. The van der Waals surface area contributed by atoms with Gasteiger partial charge in [-0.05, 0) is 33.1 Å². The van der Waals surface area contributed by atoms with Crippen molar-refractivity contribution in [3.05, 3.63) is 11.6 Å². The van der Waals surface area contributed by atoms with Gasteiger partial charge in [-0.3, -0.25) is 4.79 Å². The van der Waals surface area contributed by atoms with Crippen LogP contribution in [0.5, 0.6) is 0 Å². The normalized spacial score (nSPS) is 27.8. The van der Waals surface area contributed by atoms with Crippen molar-refractivity contribution in [3.63, 3.8) is 0 Å². The second-order valence-corrected chi connectivity index (χ2v) is 6.04. The minimum atomic E-state index is -0.540. The Bertz CT molecular complexity index is 372. The van der Waals surface area contributed by atoms with Gasteiger partial charge in [-0.2, -0.15) is 0 Å². The molecule has 2 atom stereocenters. The van der Waals surface area contributed by atoms with Crippen molar-refractivity contribution in [2.75, 3.05) is 26.4 Å². The molecule has 0 unspecified atom stereocenters. The zero-order valence-electron chi connectivity index (χ0n) is 12.4. The Morgan fingerprint density at radius 1 is 1.50 bits per heavy atom. The summed E-state index contributed by atoms with van der Waals surface area (Å²) in [6.45, 7) is 5.69. The quantitative estimate of drug-likeness (QED) is 0.714.